The molecule has 0 N–H and O–H groups in total. The summed E-state index contributed by atoms with van der Waals surface area (Å²) in [6.07, 6.45) is 1.00. The van der Waals surface area contributed by atoms with Gasteiger partial charge in [-0.1, -0.05) is 62.3 Å². The van der Waals surface area contributed by atoms with Crippen molar-refractivity contribution in [2.75, 3.05) is 6.61 Å². The van der Waals surface area contributed by atoms with Crippen LogP contribution >= 0.6 is 0 Å². The molecule has 1 saturated heterocycles. The molecule has 1 fully saturated rings. The van der Waals surface area contributed by atoms with Gasteiger partial charge in [0.15, 0.2) is 36.9 Å². The van der Waals surface area contributed by atoms with Gasteiger partial charge in [0.2, 0.25) is 0 Å². The van der Waals surface area contributed by atoms with Gasteiger partial charge in [-0.2, -0.15) is 5.26 Å². The Morgan fingerprint density at radius 3 is 1.86 bits per heavy atom. The molecule has 0 amide bonds. The molecule has 1 aliphatic heterocycles. The van der Waals surface area contributed by atoms with Crippen LogP contribution in [0.5, 0.6) is 0 Å². The summed E-state index contributed by atoms with van der Waals surface area (Å²) >= 11 is 0. The molecule has 0 spiro atoms. The van der Waals surface area contributed by atoms with E-state index >= 15 is 0 Å². The van der Waals surface area contributed by atoms with Crippen molar-refractivity contribution in [3.8, 4) is 6.07 Å². The highest BCUT2D eigenvalue weighted by atomic mass is 28.4. The zero-order valence-electron chi connectivity index (χ0n) is 28.6. The van der Waals surface area contributed by atoms with Gasteiger partial charge >= 0.3 is 5.69 Å². The molecule has 0 radical (unpaired) electrons. The minimum Gasteiger partial charge on any atom is -0.414 e. The molecule has 0 aliphatic carbocycles. The molecule has 236 valence electrons. The van der Waals surface area contributed by atoms with E-state index in [2.05, 4.69) is 107 Å². The van der Waals surface area contributed by atoms with Crippen LogP contribution in [0.3, 0.4) is 0 Å². The summed E-state index contributed by atoms with van der Waals surface area (Å²) in [6, 6.07) is 3.76. The van der Waals surface area contributed by atoms with Crippen LogP contribution in [0.4, 0.5) is 0 Å². The maximum absolute atomic E-state index is 13.9. The zero-order chi connectivity index (χ0) is 32.3. The summed E-state index contributed by atoms with van der Waals surface area (Å²) in [6.45, 7) is 33.7. The lowest BCUT2D eigenvalue weighted by Gasteiger charge is -2.44. The monoisotopic (exact) mass is 634 g/mol. The van der Waals surface area contributed by atoms with Crippen LogP contribution in [0.25, 0.3) is 5.65 Å². The lowest BCUT2D eigenvalue weighted by molar-refractivity contribution is -0.0510. The van der Waals surface area contributed by atoms with Crippen molar-refractivity contribution in [2.45, 2.75) is 141 Å². The minimum atomic E-state index is -2.35. The first-order valence-electron chi connectivity index (χ1n) is 15.0. The molecular formula is C30H54N4O5Si3. The first-order chi connectivity index (χ1) is 18.8. The number of hydrogen-bond acceptors (Lipinski definition) is 7. The van der Waals surface area contributed by atoms with Crippen LogP contribution in [-0.4, -0.2) is 63.8 Å². The fourth-order valence-corrected chi connectivity index (χ4v) is 7.74. The van der Waals surface area contributed by atoms with Gasteiger partial charge in [0.25, 0.3) is 0 Å². The molecule has 2 aromatic rings. The van der Waals surface area contributed by atoms with Crippen LogP contribution in [-0.2, 0) is 18.0 Å². The third kappa shape index (κ3) is 6.87. The van der Waals surface area contributed by atoms with Crippen LogP contribution in [0.2, 0.25) is 54.4 Å². The first-order valence-corrected chi connectivity index (χ1v) is 23.7. The molecule has 1 aliphatic rings. The molecule has 42 heavy (non-hydrogen) atoms. The number of fused-ring (bicyclic) bond motifs is 1. The summed E-state index contributed by atoms with van der Waals surface area (Å²) in [7, 11) is -6.77. The highest BCUT2D eigenvalue weighted by molar-refractivity contribution is 6.75. The lowest BCUT2D eigenvalue weighted by Crippen LogP contribution is -2.54. The Balaban J connectivity index is 2.19. The van der Waals surface area contributed by atoms with Crippen molar-refractivity contribution in [1.82, 2.24) is 14.0 Å². The Labute approximate surface area is 255 Å². The van der Waals surface area contributed by atoms with Gasteiger partial charge in [0.05, 0.1) is 12.8 Å². The lowest BCUT2D eigenvalue weighted by atomic mass is 10.1. The highest BCUT2D eigenvalue weighted by Gasteiger charge is 2.55. The second-order valence-electron chi connectivity index (χ2n) is 16.3. The SMILES string of the molecule is CC(C)(C)[Si](C)(C)OC[C@H]1O[C@@H](n2ccc3nc(C#N)cn3c2=O)[C@H](O[Si](C)(C)C(C)(C)C)[C@@H]1O[Si](C)(C)C(C)(C)C. The minimum absolute atomic E-state index is 0.0275. The number of imidazole rings is 1. The Morgan fingerprint density at radius 2 is 1.38 bits per heavy atom. The van der Waals surface area contributed by atoms with E-state index in [-0.39, 0.29) is 26.5 Å². The molecule has 3 rings (SSSR count). The maximum Gasteiger partial charge on any atom is 0.336 e. The predicted octanol–water partition coefficient (Wildman–Crippen LogP) is 7.07. The Hall–Kier alpha value is -1.60. The number of rotatable bonds is 8. The third-order valence-electron chi connectivity index (χ3n) is 10.1. The Kier molecular flexibility index (Phi) is 9.47. The largest absolute Gasteiger partial charge is 0.414 e. The fraction of sp³-hybridized carbons (Fsp3) is 0.767. The average Bonchev–Trinajstić information content (AvgIpc) is 3.38. The van der Waals surface area contributed by atoms with E-state index in [1.54, 1.807) is 16.8 Å². The van der Waals surface area contributed by atoms with Gasteiger partial charge in [-0.15, -0.1) is 0 Å². The molecule has 0 aromatic carbocycles. The summed E-state index contributed by atoms with van der Waals surface area (Å²) in [4.78, 5) is 18.1. The van der Waals surface area contributed by atoms with Gasteiger partial charge in [-0.3, -0.25) is 4.57 Å². The second kappa shape index (κ2) is 11.4. The third-order valence-corrected chi connectivity index (χ3v) is 23.6. The summed E-state index contributed by atoms with van der Waals surface area (Å²) in [5.74, 6) is 0. The van der Waals surface area contributed by atoms with Gasteiger partial charge in [0.1, 0.15) is 30.0 Å². The fourth-order valence-electron chi connectivity index (χ4n) is 4.12. The molecule has 0 bridgehead atoms. The van der Waals surface area contributed by atoms with Crippen molar-refractivity contribution in [2.24, 2.45) is 0 Å². The van der Waals surface area contributed by atoms with E-state index in [0.29, 0.717) is 12.3 Å². The molecular weight excluding hydrogens is 581 g/mol. The normalized spacial score (nSPS) is 23.0. The summed E-state index contributed by atoms with van der Waals surface area (Å²) in [5.41, 5.74) is 0.262. The molecule has 0 unspecified atom stereocenters. The Bertz CT molecular complexity index is 1370. The van der Waals surface area contributed by atoms with E-state index in [4.69, 9.17) is 18.0 Å². The van der Waals surface area contributed by atoms with E-state index < -0.39 is 49.5 Å². The summed E-state index contributed by atoms with van der Waals surface area (Å²) in [5, 5.41) is 9.29. The van der Waals surface area contributed by atoms with Gasteiger partial charge in [-0.25, -0.2) is 14.2 Å². The zero-order valence-corrected chi connectivity index (χ0v) is 31.6. The van der Waals surface area contributed by atoms with Gasteiger partial charge in [-0.05, 0) is 60.5 Å². The first kappa shape index (κ1) is 34.9. The van der Waals surface area contributed by atoms with Crippen molar-refractivity contribution >= 4 is 30.6 Å². The van der Waals surface area contributed by atoms with Crippen molar-refractivity contribution in [3.63, 3.8) is 0 Å². The number of hydrogen-bond donors (Lipinski definition) is 0. The number of aromatic nitrogens is 3. The van der Waals surface area contributed by atoms with Crippen LogP contribution in [0.1, 0.15) is 74.2 Å². The van der Waals surface area contributed by atoms with E-state index in [0.717, 1.165) is 0 Å². The topological polar surface area (TPSA) is 100 Å². The quantitative estimate of drug-likeness (QED) is 0.286. The standard InChI is InChI=1S/C30H54N4O5Si3/c1-28(2,3)40(10,11)36-20-22-24(38-41(12,13)29(4,5)6)25(39-42(14,15)30(7,8)9)26(37-22)33-17-16-23-32-21(18-31)19-34(23)27(33)35/h16-17,19,22,24-26H,20H2,1-15H3/t22-,24-,25-,26-/m1/s1. The molecule has 2 aromatic heterocycles. The van der Waals surface area contributed by atoms with E-state index in [1.165, 1.54) is 10.6 Å². The van der Waals surface area contributed by atoms with Crippen LogP contribution < -0.4 is 5.69 Å². The molecule has 12 heteroatoms. The molecule has 3 heterocycles. The molecule has 9 nitrogen and oxygen atoms in total. The van der Waals surface area contributed by atoms with E-state index in [9.17, 15) is 10.1 Å². The maximum atomic E-state index is 13.9. The molecule has 4 atom stereocenters. The Morgan fingerprint density at radius 1 is 0.881 bits per heavy atom. The predicted molar refractivity (Wildman–Crippen MR) is 175 cm³/mol. The van der Waals surface area contributed by atoms with Crippen molar-refractivity contribution < 1.29 is 18.0 Å². The summed E-state index contributed by atoms with van der Waals surface area (Å²) < 4.78 is 30.8. The molecule has 0 saturated carbocycles. The smallest absolute Gasteiger partial charge is 0.336 e. The number of ether oxygens (including phenoxy) is 1. The van der Waals surface area contributed by atoms with Crippen LogP contribution in [0, 0.1) is 11.3 Å². The average molecular weight is 635 g/mol. The van der Waals surface area contributed by atoms with E-state index in [1.807, 2.05) is 6.07 Å². The number of nitrogens with zero attached hydrogens (tertiary/aromatic N) is 4. The van der Waals surface area contributed by atoms with Crippen molar-refractivity contribution in [1.29, 1.82) is 5.26 Å². The van der Waals surface area contributed by atoms with Gasteiger partial charge in [0, 0.05) is 6.20 Å². The second-order valence-corrected chi connectivity index (χ2v) is 30.6. The van der Waals surface area contributed by atoms with Crippen molar-refractivity contribution in [3.05, 3.63) is 34.6 Å². The highest BCUT2D eigenvalue weighted by Crippen LogP contribution is 2.46. The number of nitriles is 1. The van der Waals surface area contributed by atoms with Crippen LogP contribution in [0.15, 0.2) is 23.3 Å². The van der Waals surface area contributed by atoms with Gasteiger partial charge < -0.3 is 18.0 Å².